The molecule has 0 aliphatic carbocycles. The number of rotatable bonds is 3. The first-order chi connectivity index (χ1) is 16.3. The maximum Gasteiger partial charge on any atom is 0.305 e. The van der Waals surface area contributed by atoms with Crippen molar-refractivity contribution in [1.82, 2.24) is 10.6 Å². The normalized spacial score (nSPS) is 19.6. The van der Waals surface area contributed by atoms with Crippen LogP contribution in [0.1, 0.15) is 69.0 Å². The van der Waals surface area contributed by atoms with Gasteiger partial charge < -0.3 is 20.5 Å². The van der Waals surface area contributed by atoms with Gasteiger partial charge in [-0.15, -0.1) is 0 Å². The monoisotopic (exact) mass is 466 g/mol. The maximum atomic E-state index is 13.1. The molecule has 0 saturated heterocycles. The molecule has 1 heterocycles. The number of carboxylic acids is 1. The predicted molar refractivity (Wildman–Crippen MR) is 131 cm³/mol. The molecule has 0 fully saturated rings. The van der Waals surface area contributed by atoms with E-state index < -0.39 is 18.1 Å². The molecule has 0 saturated carbocycles. The van der Waals surface area contributed by atoms with Gasteiger partial charge in [0.05, 0.1) is 19.1 Å². The average molecular weight is 467 g/mol. The molecule has 3 N–H and O–H groups in total. The van der Waals surface area contributed by atoms with Gasteiger partial charge >= 0.3 is 5.97 Å². The van der Waals surface area contributed by atoms with E-state index in [9.17, 15) is 19.5 Å². The Balaban J connectivity index is 2.00. The fourth-order valence-corrected chi connectivity index (χ4v) is 4.42. The fraction of sp³-hybridized carbons (Fsp3) is 0.444. The largest absolute Gasteiger partial charge is 0.493 e. The van der Waals surface area contributed by atoms with Gasteiger partial charge in [-0.05, 0) is 48.6 Å². The highest BCUT2D eigenvalue weighted by Gasteiger charge is 2.25. The zero-order valence-corrected chi connectivity index (χ0v) is 19.9. The van der Waals surface area contributed by atoms with Crippen molar-refractivity contribution < 1.29 is 24.2 Å². The van der Waals surface area contributed by atoms with Crippen LogP contribution >= 0.6 is 0 Å². The van der Waals surface area contributed by atoms with Crippen LogP contribution in [0.25, 0.3) is 11.1 Å². The lowest BCUT2D eigenvalue weighted by molar-refractivity contribution is -0.138. The molecule has 7 nitrogen and oxygen atoms in total. The molecule has 1 aliphatic rings. The third-order valence-electron chi connectivity index (χ3n) is 6.10. The summed E-state index contributed by atoms with van der Waals surface area (Å²) in [6.07, 6.45) is 4.95. The molecule has 2 aromatic rings. The maximum absolute atomic E-state index is 13.1. The number of hydrogen-bond donors (Lipinski definition) is 3. The second-order valence-corrected chi connectivity index (χ2v) is 8.89. The van der Waals surface area contributed by atoms with Gasteiger partial charge in [-0.3, -0.25) is 14.4 Å². The Hall–Kier alpha value is -3.35. The number of carboxylic acid groups (broad SMARTS) is 1. The lowest BCUT2D eigenvalue weighted by atomic mass is 9.94. The SMILES string of the molecule is CC(=O)N[C@H]1CCCCCCCOc2cccc(C)c2-c2cccc(c2)[C@H](CC(=O)O)NC1=O. The lowest BCUT2D eigenvalue weighted by Crippen LogP contribution is -2.47. The summed E-state index contributed by atoms with van der Waals surface area (Å²) < 4.78 is 6.15. The topological polar surface area (TPSA) is 105 Å². The first-order valence-electron chi connectivity index (χ1n) is 12.0. The molecular weight excluding hydrogens is 432 g/mol. The molecule has 0 unspecified atom stereocenters. The Morgan fingerprint density at radius 1 is 1.09 bits per heavy atom. The van der Waals surface area contributed by atoms with Gasteiger partial charge in [-0.1, -0.05) is 56.0 Å². The minimum Gasteiger partial charge on any atom is -0.493 e. The summed E-state index contributed by atoms with van der Waals surface area (Å²) in [4.78, 5) is 36.4. The molecule has 2 amide bonds. The van der Waals surface area contributed by atoms with E-state index >= 15 is 0 Å². The molecule has 2 aromatic carbocycles. The lowest BCUT2D eigenvalue weighted by Gasteiger charge is -2.23. The highest BCUT2D eigenvalue weighted by atomic mass is 16.5. The van der Waals surface area contributed by atoms with Crippen LogP contribution in [0.3, 0.4) is 0 Å². The van der Waals surface area contributed by atoms with E-state index in [0.717, 1.165) is 54.5 Å². The molecular formula is C27H34N2O5. The Morgan fingerprint density at radius 3 is 2.59 bits per heavy atom. The molecule has 182 valence electrons. The van der Waals surface area contributed by atoms with Crippen LogP contribution in [-0.2, 0) is 14.4 Å². The molecule has 34 heavy (non-hydrogen) atoms. The molecule has 3 rings (SSSR count). The van der Waals surface area contributed by atoms with E-state index in [1.165, 1.54) is 6.92 Å². The number of ether oxygens (including phenoxy) is 1. The van der Waals surface area contributed by atoms with Crippen LogP contribution in [0.2, 0.25) is 0 Å². The number of nitrogens with one attached hydrogen (secondary N) is 2. The third kappa shape index (κ3) is 7.07. The minimum absolute atomic E-state index is 0.265. The van der Waals surface area contributed by atoms with Gasteiger partial charge in [-0.25, -0.2) is 0 Å². The number of fused-ring (bicyclic) bond motifs is 4. The summed E-state index contributed by atoms with van der Waals surface area (Å²) in [5.74, 6) is -0.869. The van der Waals surface area contributed by atoms with Crippen molar-refractivity contribution in [3.8, 4) is 16.9 Å². The molecule has 2 atom stereocenters. The molecule has 0 spiro atoms. The fourth-order valence-electron chi connectivity index (χ4n) is 4.42. The van der Waals surface area contributed by atoms with Gasteiger partial charge in [0.2, 0.25) is 11.8 Å². The van der Waals surface area contributed by atoms with Crippen molar-refractivity contribution in [3.63, 3.8) is 0 Å². The van der Waals surface area contributed by atoms with Crippen molar-refractivity contribution in [1.29, 1.82) is 0 Å². The summed E-state index contributed by atoms with van der Waals surface area (Å²) in [5.41, 5.74) is 3.61. The number of aliphatic carboxylic acids is 1. The average Bonchev–Trinajstić information content (AvgIpc) is 2.78. The van der Waals surface area contributed by atoms with Crippen LogP contribution < -0.4 is 15.4 Å². The first-order valence-corrected chi connectivity index (χ1v) is 12.0. The van der Waals surface area contributed by atoms with Crippen LogP contribution in [0.15, 0.2) is 42.5 Å². The van der Waals surface area contributed by atoms with Crippen molar-refractivity contribution in [2.24, 2.45) is 0 Å². The first kappa shape index (κ1) is 25.3. The van der Waals surface area contributed by atoms with Gasteiger partial charge in [0.25, 0.3) is 0 Å². The number of benzene rings is 2. The van der Waals surface area contributed by atoms with Gasteiger partial charge in [-0.2, -0.15) is 0 Å². The van der Waals surface area contributed by atoms with Crippen molar-refractivity contribution in [2.75, 3.05) is 6.61 Å². The molecule has 0 aromatic heterocycles. The Morgan fingerprint density at radius 2 is 1.82 bits per heavy atom. The number of aryl methyl sites for hydroxylation is 1. The highest BCUT2D eigenvalue weighted by Crippen LogP contribution is 2.35. The second kappa shape index (κ2) is 12.2. The molecule has 1 aliphatic heterocycles. The highest BCUT2D eigenvalue weighted by molar-refractivity contribution is 5.87. The Labute approximate surface area is 200 Å². The molecule has 0 radical (unpaired) electrons. The number of carbonyl (C=O) groups excluding carboxylic acids is 2. The van der Waals surface area contributed by atoms with E-state index in [1.54, 1.807) is 0 Å². The number of carbonyl (C=O) groups is 3. The van der Waals surface area contributed by atoms with Crippen molar-refractivity contribution in [3.05, 3.63) is 53.6 Å². The summed E-state index contributed by atoms with van der Waals surface area (Å²) in [6, 6.07) is 12.1. The standard InChI is InChI=1S/C27H34N2O5/c1-18-10-8-14-24-26(18)21-12-9-11-20(16-21)23(17-25(31)32)29-27(33)22(28-19(2)30)13-6-4-3-5-7-15-34-24/h8-12,14,16,22-23H,3-7,13,15,17H2,1-2H3,(H,28,30)(H,29,33)(H,31,32)/t22-,23-/m0/s1. The van der Waals surface area contributed by atoms with E-state index in [4.69, 9.17) is 4.74 Å². The van der Waals surface area contributed by atoms with Crippen LogP contribution in [-0.4, -0.2) is 35.5 Å². The minimum atomic E-state index is -1.02. The zero-order chi connectivity index (χ0) is 24.5. The van der Waals surface area contributed by atoms with Gasteiger partial charge in [0.1, 0.15) is 11.8 Å². The van der Waals surface area contributed by atoms with Crippen LogP contribution in [0, 0.1) is 6.92 Å². The summed E-state index contributed by atoms with van der Waals surface area (Å²) in [5, 5.41) is 15.1. The summed E-state index contributed by atoms with van der Waals surface area (Å²) in [6.45, 7) is 4.02. The van der Waals surface area contributed by atoms with E-state index in [2.05, 4.69) is 10.6 Å². The van der Waals surface area contributed by atoms with E-state index in [-0.39, 0.29) is 18.2 Å². The van der Waals surface area contributed by atoms with E-state index in [1.807, 2.05) is 49.4 Å². The molecule has 2 bridgehead atoms. The smallest absolute Gasteiger partial charge is 0.305 e. The Bertz CT molecular complexity index is 1020. The van der Waals surface area contributed by atoms with Crippen LogP contribution in [0.5, 0.6) is 5.75 Å². The van der Waals surface area contributed by atoms with Gasteiger partial charge in [0.15, 0.2) is 0 Å². The third-order valence-corrected chi connectivity index (χ3v) is 6.10. The van der Waals surface area contributed by atoms with Crippen molar-refractivity contribution >= 4 is 17.8 Å². The van der Waals surface area contributed by atoms with E-state index in [0.29, 0.717) is 18.6 Å². The summed E-state index contributed by atoms with van der Waals surface area (Å²) in [7, 11) is 0. The summed E-state index contributed by atoms with van der Waals surface area (Å²) >= 11 is 0. The molecule has 7 heteroatoms. The van der Waals surface area contributed by atoms with Crippen molar-refractivity contribution in [2.45, 2.75) is 70.9 Å². The predicted octanol–water partition coefficient (Wildman–Crippen LogP) is 4.53. The second-order valence-electron chi connectivity index (χ2n) is 8.89. The zero-order valence-electron chi connectivity index (χ0n) is 19.9. The quantitative estimate of drug-likeness (QED) is 0.616. The number of hydrogen-bond acceptors (Lipinski definition) is 4. The number of amides is 2. The Kier molecular flexibility index (Phi) is 9.08. The van der Waals surface area contributed by atoms with Gasteiger partial charge in [0, 0.05) is 12.5 Å². The van der Waals surface area contributed by atoms with Crippen LogP contribution in [0.4, 0.5) is 0 Å².